The second-order valence-corrected chi connectivity index (χ2v) is 5.29. The van der Waals surface area contributed by atoms with Crippen molar-refractivity contribution in [3.05, 3.63) is 69.4 Å². The Hall–Kier alpha value is -2.89. The molecule has 2 aromatic heterocycles. The first-order valence-electron chi connectivity index (χ1n) is 6.96. The summed E-state index contributed by atoms with van der Waals surface area (Å²) in [6.45, 7) is 4.20. The number of carbonyl (C=O) groups excluding carboxylic acids is 1. The van der Waals surface area contributed by atoms with E-state index >= 15 is 0 Å². The van der Waals surface area contributed by atoms with Crippen molar-refractivity contribution in [2.75, 3.05) is 0 Å². The summed E-state index contributed by atoms with van der Waals surface area (Å²) in [5.41, 5.74) is 3.19. The molecule has 0 aliphatic carbocycles. The molecule has 0 atom stereocenters. The van der Waals surface area contributed by atoms with Gasteiger partial charge in [-0.1, -0.05) is 29.8 Å². The molecule has 2 N–H and O–H groups in total. The number of carbonyl (C=O) groups is 1. The van der Waals surface area contributed by atoms with Crippen molar-refractivity contribution in [3.63, 3.8) is 0 Å². The lowest BCUT2D eigenvalue weighted by atomic mass is 10.1. The van der Waals surface area contributed by atoms with Gasteiger partial charge >= 0.3 is 0 Å². The SMILES string of the molecule is Cc1ccc(CNC(=O)c2cc3c(=O)[nH]c(C)cn3n2)cc1. The smallest absolute Gasteiger partial charge is 0.274 e. The number of rotatable bonds is 3. The van der Waals surface area contributed by atoms with E-state index in [1.165, 1.54) is 16.1 Å². The third-order valence-electron chi connectivity index (χ3n) is 3.40. The molecule has 112 valence electrons. The third-order valence-corrected chi connectivity index (χ3v) is 3.40. The monoisotopic (exact) mass is 296 g/mol. The molecule has 6 nitrogen and oxygen atoms in total. The van der Waals surface area contributed by atoms with Crippen LogP contribution in [-0.2, 0) is 6.54 Å². The zero-order valence-corrected chi connectivity index (χ0v) is 12.4. The first-order valence-corrected chi connectivity index (χ1v) is 6.96. The lowest BCUT2D eigenvalue weighted by molar-refractivity contribution is 0.0945. The first-order chi connectivity index (χ1) is 10.5. The number of amides is 1. The van der Waals surface area contributed by atoms with Gasteiger partial charge in [0.25, 0.3) is 11.5 Å². The Balaban J connectivity index is 1.79. The standard InChI is InChI=1S/C16H16N4O2/c1-10-3-5-12(6-4-10)8-17-15(21)13-7-14-16(22)18-11(2)9-20(14)19-13/h3-7,9H,8H2,1-2H3,(H,17,21)(H,18,22). The van der Waals surface area contributed by atoms with E-state index in [0.717, 1.165) is 5.56 Å². The maximum absolute atomic E-state index is 12.2. The zero-order chi connectivity index (χ0) is 15.7. The van der Waals surface area contributed by atoms with E-state index in [1.54, 1.807) is 13.1 Å². The van der Waals surface area contributed by atoms with Crippen LogP contribution in [0.25, 0.3) is 5.52 Å². The maximum atomic E-state index is 12.2. The summed E-state index contributed by atoms with van der Waals surface area (Å²) >= 11 is 0. The van der Waals surface area contributed by atoms with Crippen molar-refractivity contribution in [2.24, 2.45) is 0 Å². The second-order valence-electron chi connectivity index (χ2n) is 5.29. The number of nitrogens with one attached hydrogen (secondary N) is 2. The fourth-order valence-electron chi connectivity index (χ4n) is 2.21. The summed E-state index contributed by atoms with van der Waals surface area (Å²) in [4.78, 5) is 26.6. The number of nitrogens with zero attached hydrogens (tertiary/aromatic N) is 2. The molecule has 0 fully saturated rings. The molecule has 0 radical (unpaired) electrons. The first kappa shape index (κ1) is 14.1. The van der Waals surface area contributed by atoms with Gasteiger partial charge in [-0.15, -0.1) is 0 Å². The highest BCUT2D eigenvalue weighted by Crippen LogP contribution is 2.05. The molecule has 0 saturated carbocycles. The van der Waals surface area contributed by atoms with Gasteiger partial charge < -0.3 is 10.3 Å². The number of aromatic nitrogens is 3. The zero-order valence-electron chi connectivity index (χ0n) is 12.4. The van der Waals surface area contributed by atoms with Gasteiger partial charge in [0.2, 0.25) is 0 Å². The Morgan fingerprint density at radius 2 is 2.00 bits per heavy atom. The van der Waals surface area contributed by atoms with Crippen molar-refractivity contribution in [1.29, 1.82) is 0 Å². The van der Waals surface area contributed by atoms with E-state index < -0.39 is 0 Å². The van der Waals surface area contributed by atoms with Crippen LogP contribution in [0.4, 0.5) is 0 Å². The van der Waals surface area contributed by atoms with Crippen molar-refractivity contribution in [3.8, 4) is 0 Å². The van der Waals surface area contributed by atoms with Crippen molar-refractivity contribution in [2.45, 2.75) is 20.4 Å². The molecule has 3 rings (SSSR count). The van der Waals surface area contributed by atoms with Gasteiger partial charge in [0.1, 0.15) is 5.52 Å². The number of benzene rings is 1. The predicted octanol–water partition coefficient (Wildman–Crippen LogP) is 1.57. The van der Waals surface area contributed by atoms with Gasteiger partial charge in [0, 0.05) is 24.5 Å². The maximum Gasteiger partial charge on any atom is 0.274 e. The summed E-state index contributed by atoms with van der Waals surface area (Å²) in [7, 11) is 0. The molecule has 0 bridgehead atoms. The van der Waals surface area contributed by atoms with Gasteiger partial charge in [0.15, 0.2) is 5.69 Å². The minimum atomic E-state index is -0.304. The van der Waals surface area contributed by atoms with Crippen molar-refractivity contribution in [1.82, 2.24) is 19.9 Å². The van der Waals surface area contributed by atoms with Crippen LogP contribution in [0.2, 0.25) is 0 Å². The van der Waals surface area contributed by atoms with E-state index in [1.807, 2.05) is 31.2 Å². The van der Waals surface area contributed by atoms with Gasteiger partial charge in [-0.3, -0.25) is 9.59 Å². The number of hydrogen-bond donors (Lipinski definition) is 2. The van der Waals surface area contributed by atoms with E-state index in [-0.39, 0.29) is 17.2 Å². The molecule has 1 aromatic carbocycles. The summed E-state index contributed by atoms with van der Waals surface area (Å²) < 4.78 is 1.43. The molecule has 6 heteroatoms. The molecule has 0 aliphatic heterocycles. The quantitative estimate of drug-likeness (QED) is 0.770. The lowest BCUT2D eigenvalue weighted by Crippen LogP contribution is -2.23. The van der Waals surface area contributed by atoms with Gasteiger partial charge in [-0.2, -0.15) is 5.10 Å². The average molecular weight is 296 g/mol. The predicted molar refractivity (Wildman–Crippen MR) is 82.9 cm³/mol. The molecule has 2 heterocycles. The number of hydrogen-bond acceptors (Lipinski definition) is 3. The van der Waals surface area contributed by atoms with E-state index in [0.29, 0.717) is 17.8 Å². The van der Waals surface area contributed by atoms with Gasteiger partial charge in [-0.05, 0) is 19.4 Å². The van der Waals surface area contributed by atoms with Crippen LogP contribution in [-0.4, -0.2) is 20.5 Å². The highest BCUT2D eigenvalue weighted by atomic mass is 16.2. The third kappa shape index (κ3) is 2.76. The highest BCUT2D eigenvalue weighted by Gasteiger charge is 2.12. The molecule has 3 aromatic rings. The topological polar surface area (TPSA) is 79.3 Å². The van der Waals surface area contributed by atoms with Crippen molar-refractivity contribution >= 4 is 11.4 Å². The van der Waals surface area contributed by atoms with Crippen LogP contribution in [0.15, 0.2) is 41.3 Å². The Morgan fingerprint density at radius 3 is 2.73 bits per heavy atom. The minimum Gasteiger partial charge on any atom is -0.347 e. The summed E-state index contributed by atoms with van der Waals surface area (Å²) in [6, 6.07) is 9.41. The van der Waals surface area contributed by atoms with Crippen LogP contribution >= 0.6 is 0 Å². The summed E-state index contributed by atoms with van der Waals surface area (Å²) in [6.07, 6.45) is 1.67. The summed E-state index contributed by atoms with van der Waals surface area (Å²) in [5, 5.41) is 6.95. The average Bonchev–Trinajstić information content (AvgIpc) is 2.90. The molecule has 0 aliphatic rings. The van der Waals surface area contributed by atoms with Gasteiger partial charge in [-0.25, -0.2) is 4.52 Å². The highest BCUT2D eigenvalue weighted by molar-refractivity contribution is 5.93. The Bertz CT molecular complexity index is 891. The number of H-pyrrole nitrogens is 1. The molecule has 0 saturated heterocycles. The molecule has 0 spiro atoms. The fraction of sp³-hybridized carbons (Fsp3) is 0.188. The lowest BCUT2D eigenvalue weighted by Gasteiger charge is -2.03. The summed E-state index contributed by atoms with van der Waals surface area (Å²) in [5.74, 6) is -0.304. The number of aryl methyl sites for hydroxylation is 2. The van der Waals surface area contributed by atoms with Crippen LogP contribution < -0.4 is 10.9 Å². The van der Waals surface area contributed by atoms with E-state index in [9.17, 15) is 9.59 Å². The number of fused-ring (bicyclic) bond motifs is 1. The van der Waals surface area contributed by atoms with Crippen LogP contribution in [0, 0.1) is 13.8 Å². The van der Waals surface area contributed by atoms with Crippen LogP contribution in [0.1, 0.15) is 27.3 Å². The van der Waals surface area contributed by atoms with Gasteiger partial charge in [0.05, 0.1) is 0 Å². The Labute approximate surface area is 126 Å². The molecular weight excluding hydrogens is 280 g/mol. The van der Waals surface area contributed by atoms with E-state index in [4.69, 9.17) is 0 Å². The Kier molecular flexibility index (Phi) is 3.50. The molecule has 1 amide bonds. The molecular formula is C16H16N4O2. The molecule has 0 unspecified atom stereocenters. The largest absolute Gasteiger partial charge is 0.347 e. The van der Waals surface area contributed by atoms with Crippen LogP contribution in [0.3, 0.4) is 0 Å². The molecule has 22 heavy (non-hydrogen) atoms. The van der Waals surface area contributed by atoms with Crippen molar-refractivity contribution < 1.29 is 4.79 Å². The fourth-order valence-corrected chi connectivity index (χ4v) is 2.21. The van der Waals surface area contributed by atoms with E-state index in [2.05, 4.69) is 15.4 Å². The normalized spacial score (nSPS) is 10.8. The number of aromatic amines is 1. The van der Waals surface area contributed by atoms with Crippen LogP contribution in [0.5, 0.6) is 0 Å². The second kappa shape index (κ2) is 5.48. The Morgan fingerprint density at radius 1 is 1.27 bits per heavy atom. The minimum absolute atomic E-state index is 0.225.